The first-order chi connectivity index (χ1) is 10.7. The zero-order valence-corrected chi connectivity index (χ0v) is 15.4. The minimum absolute atomic E-state index is 0. The van der Waals surface area contributed by atoms with Gasteiger partial charge in [0.2, 0.25) is 15.9 Å². The van der Waals surface area contributed by atoms with Gasteiger partial charge in [-0.05, 0) is 38.0 Å². The minimum atomic E-state index is -3.32. The second-order valence-electron chi connectivity index (χ2n) is 6.06. The van der Waals surface area contributed by atoms with Crippen LogP contribution >= 0.6 is 12.4 Å². The molecule has 9 heteroatoms. The molecule has 1 unspecified atom stereocenters. The zero-order valence-electron chi connectivity index (χ0n) is 13.8. The number of sulfonamides is 1. The number of benzene rings is 1. The summed E-state index contributed by atoms with van der Waals surface area (Å²) in [5.41, 5.74) is 5.49. The number of carbonyl (C=O) groups excluding carboxylic acids is 1. The van der Waals surface area contributed by atoms with Crippen LogP contribution in [0.4, 0.5) is 11.4 Å². The normalized spacial score (nSPS) is 18.5. The van der Waals surface area contributed by atoms with Gasteiger partial charge in [-0.3, -0.25) is 9.10 Å². The van der Waals surface area contributed by atoms with Crippen molar-refractivity contribution in [2.75, 3.05) is 21.9 Å². The summed E-state index contributed by atoms with van der Waals surface area (Å²) in [5, 5.41) is 12.5. The van der Waals surface area contributed by atoms with E-state index in [1.165, 1.54) is 22.5 Å². The number of anilines is 2. The highest BCUT2D eigenvalue weighted by atomic mass is 35.5. The van der Waals surface area contributed by atoms with Crippen LogP contribution in [0.2, 0.25) is 0 Å². The number of nitrogens with one attached hydrogen (secondary N) is 1. The summed E-state index contributed by atoms with van der Waals surface area (Å²) >= 11 is 0. The Morgan fingerprint density at radius 3 is 2.67 bits per heavy atom. The highest BCUT2D eigenvalue weighted by Crippen LogP contribution is 2.32. The lowest BCUT2D eigenvalue weighted by Gasteiger charge is -2.24. The van der Waals surface area contributed by atoms with Crippen molar-refractivity contribution in [1.82, 2.24) is 0 Å². The molecule has 1 heterocycles. The number of rotatable bonds is 5. The number of carbonyl (C=O) groups is 1. The first-order valence-electron chi connectivity index (χ1n) is 7.61. The molecule has 1 aromatic rings. The molecule has 1 aliphatic rings. The van der Waals surface area contributed by atoms with Crippen LogP contribution in [0, 0.1) is 0 Å². The topological polar surface area (TPSA) is 113 Å². The highest BCUT2D eigenvalue weighted by molar-refractivity contribution is 7.93. The van der Waals surface area contributed by atoms with Crippen molar-refractivity contribution < 1.29 is 18.3 Å². The molecule has 0 bridgehead atoms. The molecule has 1 amide bonds. The number of hydrogen-bond donors (Lipinski definition) is 3. The van der Waals surface area contributed by atoms with Gasteiger partial charge in [-0.25, -0.2) is 8.42 Å². The molecule has 1 atom stereocenters. The van der Waals surface area contributed by atoms with Crippen LogP contribution in [-0.2, 0) is 14.8 Å². The van der Waals surface area contributed by atoms with E-state index in [1.54, 1.807) is 6.92 Å². The van der Waals surface area contributed by atoms with Gasteiger partial charge in [0, 0.05) is 6.54 Å². The third-order valence-electron chi connectivity index (χ3n) is 3.90. The van der Waals surface area contributed by atoms with Crippen molar-refractivity contribution in [3.05, 3.63) is 18.2 Å². The summed E-state index contributed by atoms with van der Waals surface area (Å²) < 4.78 is 25.2. The third-order valence-corrected chi connectivity index (χ3v) is 5.77. The summed E-state index contributed by atoms with van der Waals surface area (Å²) in [7, 11) is -3.32. The molecule has 0 aromatic heterocycles. The van der Waals surface area contributed by atoms with E-state index in [-0.39, 0.29) is 29.6 Å². The molecule has 0 saturated carbocycles. The number of amides is 1. The van der Waals surface area contributed by atoms with E-state index in [0.717, 1.165) is 6.42 Å². The van der Waals surface area contributed by atoms with Crippen LogP contribution in [0.1, 0.15) is 33.1 Å². The van der Waals surface area contributed by atoms with Gasteiger partial charge in [-0.2, -0.15) is 0 Å². The molecule has 7 nitrogen and oxygen atoms in total. The van der Waals surface area contributed by atoms with E-state index in [4.69, 9.17) is 5.73 Å². The summed E-state index contributed by atoms with van der Waals surface area (Å²) in [6.45, 7) is 3.94. The van der Waals surface area contributed by atoms with Gasteiger partial charge in [-0.1, -0.05) is 13.3 Å². The Bertz CT molecular complexity index is 707. The maximum atomic E-state index is 12.3. The second-order valence-corrected chi connectivity index (χ2v) is 8.08. The van der Waals surface area contributed by atoms with Crippen molar-refractivity contribution in [2.45, 2.75) is 38.6 Å². The Kier molecular flexibility index (Phi) is 6.49. The fraction of sp³-hybridized carbons (Fsp3) is 0.533. The van der Waals surface area contributed by atoms with Crippen molar-refractivity contribution in [3.63, 3.8) is 0 Å². The second kappa shape index (κ2) is 7.58. The smallest absolute Gasteiger partial charge is 0.244 e. The highest BCUT2D eigenvalue weighted by Gasteiger charge is 2.30. The Labute approximate surface area is 148 Å². The fourth-order valence-corrected chi connectivity index (χ4v) is 4.16. The lowest BCUT2D eigenvalue weighted by atomic mass is 9.96. The third kappa shape index (κ3) is 4.31. The SMILES string of the molecule is CCCC(C)(N)C(=O)Nc1cc(N2CCCS2(=O)=O)ccc1O.Cl. The summed E-state index contributed by atoms with van der Waals surface area (Å²) in [4.78, 5) is 12.3. The van der Waals surface area contributed by atoms with E-state index in [2.05, 4.69) is 5.32 Å². The predicted molar refractivity (Wildman–Crippen MR) is 97.2 cm³/mol. The average Bonchev–Trinajstić information content (AvgIpc) is 2.80. The molecular formula is C15H24ClN3O4S. The van der Waals surface area contributed by atoms with Gasteiger partial charge in [0.25, 0.3) is 0 Å². The Balaban J connectivity index is 0.00000288. The molecule has 2 rings (SSSR count). The summed E-state index contributed by atoms with van der Waals surface area (Å²) in [5.74, 6) is -0.450. The van der Waals surface area contributed by atoms with E-state index < -0.39 is 21.5 Å². The van der Waals surface area contributed by atoms with Gasteiger partial charge in [0.05, 0.1) is 22.7 Å². The standard InChI is InChI=1S/C15H23N3O4S.ClH/c1-3-7-15(2,16)14(20)17-12-10-11(5-6-13(12)19)18-8-4-9-23(18,21)22;/h5-6,10,19H,3-4,7-9,16H2,1-2H3,(H,17,20);1H. The van der Waals surface area contributed by atoms with E-state index in [9.17, 15) is 18.3 Å². The molecule has 1 fully saturated rings. The maximum absolute atomic E-state index is 12.3. The van der Waals surface area contributed by atoms with Crippen molar-refractivity contribution >= 4 is 39.7 Å². The van der Waals surface area contributed by atoms with Gasteiger partial charge in [-0.15, -0.1) is 12.4 Å². The number of hydrogen-bond acceptors (Lipinski definition) is 5. The molecule has 0 aliphatic carbocycles. The Morgan fingerprint density at radius 1 is 1.46 bits per heavy atom. The number of phenols is 1. The molecule has 0 radical (unpaired) electrons. The molecule has 24 heavy (non-hydrogen) atoms. The first-order valence-corrected chi connectivity index (χ1v) is 9.22. The van der Waals surface area contributed by atoms with E-state index >= 15 is 0 Å². The lowest BCUT2D eigenvalue weighted by molar-refractivity contribution is -0.120. The fourth-order valence-electron chi connectivity index (χ4n) is 2.61. The van der Waals surface area contributed by atoms with Gasteiger partial charge in [0.1, 0.15) is 5.75 Å². The zero-order chi connectivity index (χ0) is 17.3. The molecule has 0 spiro atoms. The number of nitrogens with zero attached hydrogens (tertiary/aromatic N) is 1. The van der Waals surface area contributed by atoms with E-state index in [0.29, 0.717) is 25.1 Å². The van der Waals surface area contributed by atoms with Crippen LogP contribution < -0.4 is 15.4 Å². The van der Waals surface area contributed by atoms with Crippen LogP contribution in [-0.4, -0.2) is 37.3 Å². The molecule has 136 valence electrons. The Hall–Kier alpha value is -1.51. The Morgan fingerprint density at radius 2 is 2.12 bits per heavy atom. The number of halogens is 1. The molecule has 1 aliphatic heterocycles. The van der Waals surface area contributed by atoms with E-state index in [1.807, 2.05) is 6.92 Å². The maximum Gasteiger partial charge on any atom is 0.244 e. The molecule has 1 aromatic carbocycles. The monoisotopic (exact) mass is 377 g/mol. The van der Waals surface area contributed by atoms with Crippen LogP contribution in [0.25, 0.3) is 0 Å². The molecule has 4 N–H and O–H groups in total. The minimum Gasteiger partial charge on any atom is -0.506 e. The van der Waals surface area contributed by atoms with Crippen molar-refractivity contribution in [1.29, 1.82) is 0 Å². The van der Waals surface area contributed by atoms with Crippen LogP contribution in [0.5, 0.6) is 5.75 Å². The first kappa shape index (κ1) is 20.5. The average molecular weight is 378 g/mol. The summed E-state index contributed by atoms with van der Waals surface area (Å²) in [6.07, 6.45) is 1.81. The number of nitrogens with two attached hydrogens (primary N) is 1. The van der Waals surface area contributed by atoms with Crippen molar-refractivity contribution in [3.8, 4) is 5.75 Å². The molecular weight excluding hydrogens is 354 g/mol. The van der Waals surface area contributed by atoms with Crippen molar-refractivity contribution in [2.24, 2.45) is 5.73 Å². The summed E-state index contributed by atoms with van der Waals surface area (Å²) in [6, 6.07) is 4.34. The van der Waals surface area contributed by atoms with Crippen LogP contribution in [0.3, 0.4) is 0 Å². The van der Waals surface area contributed by atoms with Gasteiger partial charge in [0.15, 0.2) is 0 Å². The number of aromatic hydroxyl groups is 1. The quantitative estimate of drug-likeness (QED) is 0.677. The molecule has 1 saturated heterocycles. The lowest BCUT2D eigenvalue weighted by Crippen LogP contribution is -2.48. The van der Waals surface area contributed by atoms with Gasteiger partial charge < -0.3 is 16.2 Å². The largest absolute Gasteiger partial charge is 0.506 e. The van der Waals surface area contributed by atoms with Gasteiger partial charge >= 0.3 is 0 Å². The predicted octanol–water partition coefficient (Wildman–Crippen LogP) is 1.81. The van der Waals surface area contributed by atoms with Crippen LogP contribution in [0.15, 0.2) is 18.2 Å². The number of phenolic OH excluding ortho intramolecular Hbond substituents is 1.